The van der Waals surface area contributed by atoms with Crippen molar-refractivity contribution in [3.63, 3.8) is 0 Å². The van der Waals surface area contributed by atoms with Gasteiger partial charge in [0.15, 0.2) is 0 Å². The molecule has 0 heterocycles. The molecule has 0 spiro atoms. The van der Waals surface area contributed by atoms with Gasteiger partial charge in [-0.3, -0.25) is 4.79 Å². The second kappa shape index (κ2) is 7.81. The van der Waals surface area contributed by atoms with Crippen LogP contribution < -0.4 is 5.32 Å². The molecule has 4 heteroatoms. The van der Waals surface area contributed by atoms with Crippen LogP contribution in [0.4, 0.5) is 0 Å². The first-order chi connectivity index (χ1) is 8.26. The van der Waals surface area contributed by atoms with Gasteiger partial charge in [-0.25, -0.2) is 0 Å². The minimum Gasteiger partial charge on any atom is -0.380 e. The SMILES string of the molecule is CCOCC(=O)NCc1ccc(COC)cc1. The van der Waals surface area contributed by atoms with E-state index in [1.54, 1.807) is 7.11 Å². The number of rotatable bonds is 7. The van der Waals surface area contributed by atoms with Gasteiger partial charge in [0, 0.05) is 20.3 Å². The fourth-order valence-electron chi connectivity index (χ4n) is 1.37. The minimum atomic E-state index is -0.0900. The normalized spacial score (nSPS) is 10.2. The Morgan fingerprint density at radius 3 is 2.47 bits per heavy atom. The lowest BCUT2D eigenvalue weighted by molar-refractivity contribution is -0.125. The number of nitrogens with one attached hydrogen (secondary N) is 1. The zero-order chi connectivity index (χ0) is 12.5. The molecule has 0 fully saturated rings. The third-order valence-electron chi connectivity index (χ3n) is 2.26. The van der Waals surface area contributed by atoms with Crippen molar-refractivity contribution in [1.29, 1.82) is 0 Å². The molecule has 0 unspecified atom stereocenters. The van der Waals surface area contributed by atoms with Crippen molar-refractivity contribution in [1.82, 2.24) is 5.32 Å². The van der Waals surface area contributed by atoms with E-state index >= 15 is 0 Å². The van der Waals surface area contributed by atoms with Crippen LogP contribution in [-0.2, 0) is 27.4 Å². The maximum Gasteiger partial charge on any atom is 0.246 e. The maximum absolute atomic E-state index is 11.3. The summed E-state index contributed by atoms with van der Waals surface area (Å²) in [4.78, 5) is 11.3. The average Bonchev–Trinajstić information content (AvgIpc) is 2.36. The number of amides is 1. The molecular weight excluding hydrogens is 218 g/mol. The first kappa shape index (κ1) is 13.7. The first-order valence-corrected chi connectivity index (χ1v) is 5.67. The van der Waals surface area contributed by atoms with Gasteiger partial charge in [-0.1, -0.05) is 24.3 Å². The standard InChI is InChI=1S/C13H19NO3/c1-3-17-10-13(15)14-8-11-4-6-12(7-5-11)9-16-2/h4-7H,3,8-10H2,1-2H3,(H,14,15). The van der Waals surface area contributed by atoms with E-state index in [1.165, 1.54) is 0 Å². The highest BCUT2D eigenvalue weighted by Gasteiger charge is 2.00. The van der Waals surface area contributed by atoms with E-state index in [0.717, 1.165) is 11.1 Å². The molecule has 17 heavy (non-hydrogen) atoms. The molecule has 94 valence electrons. The Balaban J connectivity index is 2.34. The largest absolute Gasteiger partial charge is 0.380 e. The van der Waals surface area contributed by atoms with E-state index in [4.69, 9.17) is 9.47 Å². The summed E-state index contributed by atoms with van der Waals surface area (Å²) in [5, 5.41) is 2.79. The van der Waals surface area contributed by atoms with Gasteiger partial charge < -0.3 is 14.8 Å². The van der Waals surface area contributed by atoms with Gasteiger partial charge in [0.2, 0.25) is 5.91 Å². The number of methoxy groups -OCH3 is 1. The van der Waals surface area contributed by atoms with Crippen molar-refractivity contribution in [2.45, 2.75) is 20.1 Å². The number of hydrogen-bond donors (Lipinski definition) is 1. The molecule has 1 amide bonds. The van der Waals surface area contributed by atoms with E-state index < -0.39 is 0 Å². The van der Waals surface area contributed by atoms with Crippen LogP contribution in [0, 0.1) is 0 Å². The summed E-state index contributed by atoms with van der Waals surface area (Å²) in [6.45, 7) is 3.68. The fourth-order valence-corrected chi connectivity index (χ4v) is 1.37. The van der Waals surface area contributed by atoms with Crippen LogP contribution in [0.1, 0.15) is 18.1 Å². The summed E-state index contributed by atoms with van der Waals surface area (Å²) in [6, 6.07) is 7.95. The Morgan fingerprint density at radius 1 is 1.24 bits per heavy atom. The smallest absolute Gasteiger partial charge is 0.246 e. The quantitative estimate of drug-likeness (QED) is 0.781. The van der Waals surface area contributed by atoms with Crippen LogP contribution >= 0.6 is 0 Å². The van der Waals surface area contributed by atoms with Crippen molar-refractivity contribution in [2.24, 2.45) is 0 Å². The predicted octanol–water partition coefficient (Wildman–Crippen LogP) is 1.49. The van der Waals surface area contributed by atoms with Gasteiger partial charge in [-0.05, 0) is 18.1 Å². The number of carbonyl (C=O) groups is 1. The summed E-state index contributed by atoms with van der Waals surface area (Å²) in [5.41, 5.74) is 2.19. The van der Waals surface area contributed by atoms with Gasteiger partial charge >= 0.3 is 0 Å². The van der Waals surface area contributed by atoms with E-state index in [1.807, 2.05) is 31.2 Å². The predicted molar refractivity (Wildman–Crippen MR) is 65.5 cm³/mol. The Hall–Kier alpha value is -1.39. The topological polar surface area (TPSA) is 47.6 Å². The maximum atomic E-state index is 11.3. The van der Waals surface area contributed by atoms with Crippen LogP contribution in [-0.4, -0.2) is 26.2 Å². The van der Waals surface area contributed by atoms with Crippen molar-refractivity contribution >= 4 is 5.91 Å². The Labute approximate surface area is 102 Å². The number of benzene rings is 1. The molecule has 0 saturated heterocycles. The summed E-state index contributed by atoms with van der Waals surface area (Å²) in [5.74, 6) is -0.0900. The van der Waals surface area contributed by atoms with Crippen LogP contribution in [0.25, 0.3) is 0 Å². The monoisotopic (exact) mass is 237 g/mol. The molecule has 1 rings (SSSR count). The third kappa shape index (κ3) is 5.47. The molecule has 0 bridgehead atoms. The average molecular weight is 237 g/mol. The number of carbonyl (C=O) groups excluding carboxylic acids is 1. The third-order valence-corrected chi connectivity index (χ3v) is 2.26. The lowest BCUT2D eigenvalue weighted by Gasteiger charge is -2.06. The summed E-state index contributed by atoms with van der Waals surface area (Å²) < 4.78 is 10.0. The lowest BCUT2D eigenvalue weighted by Crippen LogP contribution is -2.27. The molecule has 0 radical (unpaired) electrons. The first-order valence-electron chi connectivity index (χ1n) is 5.67. The molecule has 0 aromatic heterocycles. The van der Waals surface area contributed by atoms with E-state index in [2.05, 4.69) is 5.32 Å². The van der Waals surface area contributed by atoms with Gasteiger partial charge in [-0.2, -0.15) is 0 Å². The highest BCUT2D eigenvalue weighted by Crippen LogP contribution is 2.05. The number of ether oxygens (including phenoxy) is 2. The zero-order valence-electron chi connectivity index (χ0n) is 10.4. The fraction of sp³-hybridized carbons (Fsp3) is 0.462. The Morgan fingerprint density at radius 2 is 1.88 bits per heavy atom. The molecule has 1 aromatic carbocycles. The van der Waals surface area contributed by atoms with E-state index in [-0.39, 0.29) is 12.5 Å². The van der Waals surface area contributed by atoms with Crippen molar-refractivity contribution in [3.8, 4) is 0 Å². The second-order valence-corrected chi connectivity index (χ2v) is 3.66. The molecule has 0 aliphatic rings. The summed E-state index contributed by atoms with van der Waals surface area (Å²) >= 11 is 0. The molecular formula is C13H19NO3. The molecule has 0 aliphatic carbocycles. The second-order valence-electron chi connectivity index (χ2n) is 3.66. The van der Waals surface area contributed by atoms with Crippen LogP contribution in [0.5, 0.6) is 0 Å². The van der Waals surface area contributed by atoms with E-state index in [0.29, 0.717) is 19.8 Å². The molecule has 0 saturated carbocycles. The minimum absolute atomic E-state index is 0.0900. The summed E-state index contributed by atoms with van der Waals surface area (Å²) in [7, 11) is 1.67. The molecule has 0 atom stereocenters. The molecule has 4 nitrogen and oxygen atoms in total. The van der Waals surface area contributed by atoms with Crippen LogP contribution in [0.2, 0.25) is 0 Å². The van der Waals surface area contributed by atoms with Crippen molar-refractivity contribution < 1.29 is 14.3 Å². The van der Waals surface area contributed by atoms with Crippen molar-refractivity contribution in [2.75, 3.05) is 20.3 Å². The van der Waals surface area contributed by atoms with Crippen LogP contribution in [0.3, 0.4) is 0 Å². The van der Waals surface area contributed by atoms with Gasteiger partial charge in [0.1, 0.15) is 6.61 Å². The molecule has 1 N–H and O–H groups in total. The Kier molecular flexibility index (Phi) is 6.29. The highest BCUT2D eigenvalue weighted by atomic mass is 16.5. The van der Waals surface area contributed by atoms with Crippen LogP contribution in [0.15, 0.2) is 24.3 Å². The van der Waals surface area contributed by atoms with Gasteiger partial charge in [0.05, 0.1) is 6.61 Å². The van der Waals surface area contributed by atoms with Gasteiger partial charge in [-0.15, -0.1) is 0 Å². The number of hydrogen-bond acceptors (Lipinski definition) is 3. The Bertz CT molecular complexity index is 335. The zero-order valence-corrected chi connectivity index (χ0v) is 10.4. The van der Waals surface area contributed by atoms with E-state index in [9.17, 15) is 4.79 Å². The van der Waals surface area contributed by atoms with Crippen molar-refractivity contribution in [3.05, 3.63) is 35.4 Å². The lowest BCUT2D eigenvalue weighted by atomic mass is 10.1. The molecule has 0 aliphatic heterocycles. The van der Waals surface area contributed by atoms with Gasteiger partial charge in [0.25, 0.3) is 0 Å². The highest BCUT2D eigenvalue weighted by molar-refractivity contribution is 5.77. The molecule has 1 aromatic rings. The summed E-state index contributed by atoms with van der Waals surface area (Å²) in [6.07, 6.45) is 0.